The summed E-state index contributed by atoms with van der Waals surface area (Å²) in [5.74, 6) is 1.81. The van der Waals surface area contributed by atoms with E-state index in [0.717, 1.165) is 36.6 Å². The maximum atomic E-state index is 6.19. The number of ether oxygens (including phenoxy) is 2. The standard InChI is InChI=1S/C19H19NO2/c1-2-4-15(5-3-1)13-21-17-6-7-18-16(12-17)8-9-19(22-18)10-11-20-14-19/h1-9,12,20H,10-11,13-14H2. The van der Waals surface area contributed by atoms with Gasteiger partial charge in [0.25, 0.3) is 0 Å². The van der Waals surface area contributed by atoms with Crippen LogP contribution in [0.2, 0.25) is 0 Å². The monoisotopic (exact) mass is 293 g/mol. The van der Waals surface area contributed by atoms with Crippen LogP contribution in [0.5, 0.6) is 11.5 Å². The first-order chi connectivity index (χ1) is 10.8. The van der Waals surface area contributed by atoms with E-state index in [1.54, 1.807) is 0 Å². The predicted octanol–water partition coefficient (Wildman–Crippen LogP) is 3.40. The van der Waals surface area contributed by atoms with E-state index in [1.807, 2.05) is 36.4 Å². The van der Waals surface area contributed by atoms with Crippen molar-refractivity contribution in [3.8, 4) is 11.5 Å². The summed E-state index contributed by atoms with van der Waals surface area (Å²) in [6.07, 6.45) is 5.35. The largest absolute Gasteiger partial charge is 0.489 e. The zero-order valence-electron chi connectivity index (χ0n) is 12.4. The molecule has 2 heterocycles. The minimum atomic E-state index is -0.153. The van der Waals surface area contributed by atoms with Gasteiger partial charge in [0, 0.05) is 18.5 Å². The number of nitrogens with one attached hydrogen (secondary N) is 1. The number of benzene rings is 2. The van der Waals surface area contributed by atoms with E-state index in [9.17, 15) is 0 Å². The Morgan fingerprint density at radius 3 is 2.86 bits per heavy atom. The molecule has 0 saturated carbocycles. The molecule has 2 aliphatic rings. The lowest BCUT2D eigenvalue weighted by molar-refractivity contribution is 0.139. The quantitative estimate of drug-likeness (QED) is 0.941. The fourth-order valence-electron chi connectivity index (χ4n) is 2.99. The number of fused-ring (bicyclic) bond motifs is 1. The summed E-state index contributed by atoms with van der Waals surface area (Å²) >= 11 is 0. The Morgan fingerprint density at radius 1 is 1.14 bits per heavy atom. The van der Waals surface area contributed by atoms with Gasteiger partial charge < -0.3 is 14.8 Å². The van der Waals surface area contributed by atoms with Crippen molar-refractivity contribution in [2.24, 2.45) is 0 Å². The number of rotatable bonds is 3. The zero-order chi connectivity index (χ0) is 14.8. The molecule has 112 valence electrons. The second kappa shape index (κ2) is 5.50. The fraction of sp³-hybridized carbons (Fsp3) is 0.263. The molecule has 0 aromatic heterocycles. The van der Waals surface area contributed by atoms with E-state index in [2.05, 4.69) is 29.6 Å². The van der Waals surface area contributed by atoms with Gasteiger partial charge in [0.1, 0.15) is 23.7 Å². The third-order valence-corrected chi connectivity index (χ3v) is 4.26. The summed E-state index contributed by atoms with van der Waals surface area (Å²) in [5.41, 5.74) is 2.10. The first-order valence-corrected chi connectivity index (χ1v) is 7.73. The van der Waals surface area contributed by atoms with E-state index in [-0.39, 0.29) is 5.60 Å². The summed E-state index contributed by atoms with van der Waals surface area (Å²) in [6.45, 7) is 2.48. The van der Waals surface area contributed by atoms with Crippen molar-refractivity contribution in [1.82, 2.24) is 5.32 Å². The van der Waals surface area contributed by atoms with Gasteiger partial charge in [-0.15, -0.1) is 0 Å². The molecule has 2 aromatic rings. The van der Waals surface area contributed by atoms with Crippen molar-refractivity contribution in [2.45, 2.75) is 18.6 Å². The Bertz CT molecular complexity index is 688. The first-order valence-electron chi connectivity index (χ1n) is 7.73. The molecule has 22 heavy (non-hydrogen) atoms. The third kappa shape index (κ3) is 2.60. The van der Waals surface area contributed by atoms with Crippen molar-refractivity contribution < 1.29 is 9.47 Å². The molecule has 1 N–H and O–H groups in total. The molecule has 0 amide bonds. The second-order valence-electron chi connectivity index (χ2n) is 5.90. The molecule has 2 aromatic carbocycles. The summed E-state index contributed by atoms with van der Waals surface area (Å²) < 4.78 is 12.1. The molecule has 1 atom stereocenters. The van der Waals surface area contributed by atoms with Crippen molar-refractivity contribution in [2.75, 3.05) is 13.1 Å². The SMILES string of the molecule is C1=CC2(CCNC2)Oc2ccc(OCc3ccccc3)cc21. The molecule has 1 saturated heterocycles. The van der Waals surface area contributed by atoms with Gasteiger partial charge in [-0.05, 0) is 36.4 Å². The third-order valence-electron chi connectivity index (χ3n) is 4.26. The molecule has 3 nitrogen and oxygen atoms in total. The van der Waals surface area contributed by atoms with Crippen LogP contribution in [0.1, 0.15) is 17.5 Å². The molecule has 2 aliphatic heterocycles. The minimum absolute atomic E-state index is 0.153. The lowest BCUT2D eigenvalue weighted by Crippen LogP contribution is -2.37. The maximum Gasteiger partial charge on any atom is 0.141 e. The minimum Gasteiger partial charge on any atom is -0.489 e. The molecule has 1 fully saturated rings. The second-order valence-corrected chi connectivity index (χ2v) is 5.90. The predicted molar refractivity (Wildman–Crippen MR) is 87.1 cm³/mol. The van der Waals surface area contributed by atoms with Crippen LogP contribution in [-0.4, -0.2) is 18.7 Å². The normalized spacial score (nSPS) is 22.4. The van der Waals surface area contributed by atoms with E-state index in [1.165, 1.54) is 5.56 Å². The average molecular weight is 293 g/mol. The van der Waals surface area contributed by atoms with Crippen molar-refractivity contribution in [3.05, 3.63) is 65.7 Å². The van der Waals surface area contributed by atoms with E-state index >= 15 is 0 Å². The van der Waals surface area contributed by atoms with Crippen LogP contribution in [0.25, 0.3) is 6.08 Å². The van der Waals surface area contributed by atoms with Gasteiger partial charge in [0.05, 0.1) is 0 Å². The molecule has 0 aliphatic carbocycles. The highest BCUT2D eigenvalue weighted by Gasteiger charge is 2.35. The summed E-state index contributed by atoms with van der Waals surface area (Å²) in [7, 11) is 0. The van der Waals surface area contributed by atoms with Crippen LogP contribution < -0.4 is 14.8 Å². The number of hydrogen-bond acceptors (Lipinski definition) is 3. The Balaban J connectivity index is 1.49. The van der Waals surface area contributed by atoms with Crippen LogP contribution >= 0.6 is 0 Å². The molecule has 0 radical (unpaired) electrons. The van der Waals surface area contributed by atoms with E-state index in [0.29, 0.717) is 6.61 Å². The summed E-state index contributed by atoms with van der Waals surface area (Å²) in [5, 5.41) is 3.36. The summed E-state index contributed by atoms with van der Waals surface area (Å²) in [6, 6.07) is 16.2. The number of hydrogen-bond donors (Lipinski definition) is 1. The molecule has 1 spiro atoms. The maximum absolute atomic E-state index is 6.19. The highest BCUT2D eigenvalue weighted by Crippen LogP contribution is 2.36. The van der Waals surface area contributed by atoms with Crippen molar-refractivity contribution in [3.63, 3.8) is 0 Å². The van der Waals surface area contributed by atoms with Crippen molar-refractivity contribution in [1.29, 1.82) is 0 Å². The van der Waals surface area contributed by atoms with Gasteiger partial charge in [-0.25, -0.2) is 0 Å². The van der Waals surface area contributed by atoms with Gasteiger partial charge in [0.2, 0.25) is 0 Å². The van der Waals surface area contributed by atoms with Gasteiger partial charge in [-0.1, -0.05) is 36.4 Å². The van der Waals surface area contributed by atoms with Gasteiger partial charge in [0.15, 0.2) is 0 Å². The van der Waals surface area contributed by atoms with Gasteiger partial charge in [-0.2, -0.15) is 0 Å². The molecular weight excluding hydrogens is 274 g/mol. The van der Waals surface area contributed by atoms with Crippen LogP contribution in [0.4, 0.5) is 0 Å². The Hall–Kier alpha value is -2.26. The first kappa shape index (κ1) is 13.4. The molecule has 3 heteroatoms. The lowest BCUT2D eigenvalue weighted by Gasteiger charge is -2.30. The molecule has 4 rings (SSSR count). The highest BCUT2D eigenvalue weighted by molar-refractivity contribution is 5.63. The Kier molecular flexibility index (Phi) is 3.35. The average Bonchev–Trinajstić information content (AvgIpc) is 3.02. The highest BCUT2D eigenvalue weighted by atomic mass is 16.5. The van der Waals surface area contributed by atoms with Crippen molar-refractivity contribution >= 4 is 6.08 Å². The Labute approximate surface area is 130 Å². The van der Waals surface area contributed by atoms with Gasteiger partial charge in [-0.3, -0.25) is 0 Å². The van der Waals surface area contributed by atoms with Crippen LogP contribution in [0, 0.1) is 0 Å². The molecular formula is C19H19NO2. The van der Waals surface area contributed by atoms with Crippen LogP contribution in [0.15, 0.2) is 54.6 Å². The fourth-order valence-corrected chi connectivity index (χ4v) is 2.99. The van der Waals surface area contributed by atoms with Crippen LogP contribution in [0.3, 0.4) is 0 Å². The van der Waals surface area contributed by atoms with Crippen LogP contribution in [-0.2, 0) is 6.61 Å². The van der Waals surface area contributed by atoms with E-state index < -0.39 is 0 Å². The topological polar surface area (TPSA) is 30.5 Å². The Morgan fingerprint density at radius 2 is 2.05 bits per heavy atom. The summed E-state index contributed by atoms with van der Waals surface area (Å²) in [4.78, 5) is 0. The lowest BCUT2D eigenvalue weighted by atomic mass is 9.97. The smallest absolute Gasteiger partial charge is 0.141 e. The van der Waals surface area contributed by atoms with Gasteiger partial charge >= 0.3 is 0 Å². The molecule has 0 bridgehead atoms. The zero-order valence-corrected chi connectivity index (χ0v) is 12.4. The molecule has 1 unspecified atom stereocenters. The van der Waals surface area contributed by atoms with E-state index in [4.69, 9.17) is 9.47 Å².